The number of rotatable bonds is 0. The monoisotopic (exact) mass is 265 g/mol. The second-order valence-electron chi connectivity index (χ2n) is 3.99. The minimum absolute atomic E-state index is 0. The number of pyridine rings is 1. The van der Waals surface area contributed by atoms with Gasteiger partial charge in [-0.1, -0.05) is 18.2 Å². The topological polar surface area (TPSA) is 32.9 Å². The van der Waals surface area contributed by atoms with E-state index in [0.29, 0.717) is 0 Å². The number of nitrogens with one attached hydrogen (secondary N) is 1. The Morgan fingerprint density at radius 2 is 1.88 bits per heavy atom. The number of aromatic nitrogens is 1. The number of aromatic amines is 1. The van der Waals surface area contributed by atoms with Crippen molar-refractivity contribution >= 4 is 44.7 Å². The molecule has 3 rings (SSSR count). The summed E-state index contributed by atoms with van der Waals surface area (Å²) in [5, 5.41) is 2.25. The molecule has 0 unspecified atom stereocenters. The van der Waals surface area contributed by atoms with Gasteiger partial charge in [-0.2, -0.15) is 0 Å². The molecule has 0 atom stereocenters. The number of fused-ring (bicyclic) bond motifs is 3. The van der Waals surface area contributed by atoms with Gasteiger partial charge in [-0.25, -0.2) is 0 Å². The maximum absolute atomic E-state index is 11.9. The van der Waals surface area contributed by atoms with Gasteiger partial charge in [-0.15, -0.1) is 23.7 Å². The van der Waals surface area contributed by atoms with E-state index in [9.17, 15) is 4.79 Å². The zero-order chi connectivity index (χ0) is 11.3. The summed E-state index contributed by atoms with van der Waals surface area (Å²) in [5.74, 6) is 0. The standard InChI is InChI=1S/C13H11NOS.ClH/c1-7-8(2)16-12-11(7)9-5-3-4-6-10(9)14-13(12)15;/h3-6H,1-2H3,(H,14,15);1H. The highest BCUT2D eigenvalue weighted by molar-refractivity contribution is 7.19. The summed E-state index contributed by atoms with van der Waals surface area (Å²) in [7, 11) is 0. The molecule has 0 saturated heterocycles. The molecule has 17 heavy (non-hydrogen) atoms. The summed E-state index contributed by atoms with van der Waals surface area (Å²) < 4.78 is 0.841. The van der Waals surface area contributed by atoms with Crippen molar-refractivity contribution in [1.82, 2.24) is 4.98 Å². The van der Waals surface area contributed by atoms with Crippen LogP contribution < -0.4 is 5.56 Å². The second-order valence-corrected chi connectivity index (χ2v) is 5.21. The van der Waals surface area contributed by atoms with Crippen molar-refractivity contribution in [3.05, 3.63) is 45.1 Å². The Kier molecular flexibility index (Phi) is 2.98. The van der Waals surface area contributed by atoms with Crippen LogP contribution in [0.4, 0.5) is 0 Å². The summed E-state index contributed by atoms with van der Waals surface area (Å²) in [5.41, 5.74) is 2.16. The van der Waals surface area contributed by atoms with Gasteiger partial charge >= 0.3 is 0 Å². The Labute approximate surface area is 109 Å². The maximum atomic E-state index is 11.9. The molecule has 2 nitrogen and oxygen atoms in total. The Morgan fingerprint density at radius 1 is 1.18 bits per heavy atom. The van der Waals surface area contributed by atoms with Gasteiger partial charge < -0.3 is 4.98 Å². The predicted molar refractivity (Wildman–Crippen MR) is 76.7 cm³/mol. The fourth-order valence-electron chi connectivity index (χ4n) is 2.10. The number of hydrogen-bond acceptors (Lipinski definition) is 2. The van der Waals surface area contributed by atoms with Gasteiger partial charge in [0.1, 0.15) is 4.70 Å². The van der Waals surface area contributed by atoms with Gasteiger partial charge in [0, 0.05) is 21.2 Å². The van der Waals surface area contributed by atoms with Gasteiger partial charge in [0.15, 0.2) is 0 Å². The summed E-state index contributed by atoms with van der Waals surface area (Å²) >= 11 is 1.58. The smallest absolute Gasteiger partial charge is 0.266 e. The molecular formula is C13H12ClNOS. The lowest BCUT2D eigenvalue weighted by Gasteiger charge is -2.00. The fourth-order valence-corrected chi connectivity index (χ4v) is 3.17. The molecule has 2 aromatic heterocycles. The fraction of sp³-hybridized carbons (Fsp3) is 0.154. The molecule has 2 heterocycles. The zero-order valence-electron chi connectivity index (χ0n) is 9.53. The molecule has 3 aromatic rings. The molecule has 0 saturated carbocycles. The molecule has 4 heteroatoms. The van der Waals surface area contributed by atoms with E-state index < -0.39 is 0 Å². The van der Waals surface area contributed by atoms with E-state index >= 15 is 0 Å². The van der Waals surface area contributed by atoms with E-state index in [2.05, 4.69) is 24.9 Å². The zero-order valence-corrected chi connectivity index (χ0v) is 11.2. The quantitative estimate of drug-likeness (QED) is 0.659. The highest BCUT2D eigenvalue weighted by atomic mass is 35.5. The molecule has 1 aromatic carbocycles. The largest absolute Gasteiger partial charge is 0.321 e. The predicted octanol–water partition coefficient (Wildman–Crippen LogP) is 3.78. The number of halogens is 1. The van der Waals surface area contributed by atoms with Crippen LogP contribution in [0, 0.1) is 13.8 Å². The SMILES string of the molecule is Cc1sc2c(=O)[nH]c3ccccc3c2c1C.Cl. The molecule has 88 valence electrons. The first kappa shape index (κ1) is 12.1. The Morgan fingerprint density at radius 3 is 2.65 bits per heavy atom. The molecule has 0 aliphatic carbocycles. The van der Waals surface area contributed by atoms with Crippen molar-refractivity contribution in [3.63, 3.8) is 0 Å². The molecule has 0 spiro atoms. The molecule has 1 N–H and O–H groups in total. The van der Waals surface area contributed by atoms with Crippen LogP contribution in [-0.4, -0.2) is 4.98 Å². The first-order chi connectivity index (χ1) is 7.68. The third-order valence-electron chi connectivity index (χ3n) is 3.04. The van der Waals surface area contributed by atoms with Gasteiger partial charge in [0.05, 0.1) is 0 Å². The van der Waals surface area contributed by atoms with Crippen LogP contribution in [0.3, 0.4) is 0 Å². The molecular weight excluding hydrogens is 254 g/mol. The average Bonchev–Trinajstić information content (AvgIpc) is 2.57. The van der Waals surface area contributed by atoms with Crippen molar-refractivity contribution < 1.29 is 0 Å². The first-order valence-electron chi connectivity index (χ1n) is 5.19. The third kappa shape index (κ3) is 1.66. The lowest BCUT2D eigenvalue weighted by Crippen LogP contribution is -2.04. The van der Waals surface area contributed by atoms with Crippen LogP contribution in [0.25, 0.3) is 21.0 Å². The molecule has 0 aliphatic rings. The van der Waals surface area contributed by atoms with Gasteiger partial charge in [-0.3, -0.25) is 4.79 Å². The van der Waals surface area contributed by atoms with E-state index in [4.69, 9.17) is 0 Å². The third-order valence-corrected chi connectivity index (χ3v) is 4.24. The van der Waals surface area contributed by atoms with Gasteiger partial charge in [0.25, 0.3) is 5.56 Å². The molecule has 0 radical (unpaired) electrons. The van der Waals surface area contributed by atoms with Crippen LogP contribution >= 0.6 is 23.7 Å². The van der Waals surface area contributed by atoms with E-state index in [1.54, 1.807) is 11.3 Å². The second kappa shape index (κ2) is 4.17. The van der Waals surface area contributed by atoms with Crippen LogP contribution in [-0.2, 0) is 0 Å². The van der Waals surface area contributed by atoms with E-state index in [1.165, 1.54) is 10.4 Å². The summed E-state index contributed by atoms with van der Waals surface area (Å²) in [4.78, 5) is 16.1. The van der Waals surface area contributed by atoms with Crippen LogP contribution in [0.15, 0.2) is 29.1 Å². The minimum atomic E-state index is 0. The molecule has 0 fully saturated rings. The Bertz CT molecular complexity index is 757. The van der Waals surface area contributed by atoms with Crippen LogP contribution in [0.5, 0.6) is 0 Å². The molecule has 0 amide bonds. The molecule has 0 bridgehead atoms. The highest BCUT2D eigenvalue weighted by Gasteiger charge is 2.11. The van der Waals surface area contributed by atoms with Crippen LogP contribution in [0.1, 0.15) is 10.4 Å². The number of aryl methyl sites for hydroxylation is 2. The van der Waals surface area contributed by atoms with Crippen molar-refractivity contribution in [2.45, 2.75) is 13.8 Å². The number of H-pyrrole nitrogens is 1. The van der Waals surface area contributed by atoms with E-state index in [-0.39, 0.29) is 18.0 Å². The van der Waals surface area contributed by atoms with Gasteiger partial charge in [0.2, 0.25) is 0 Å². The number of hydrogen-bond donors (Lipinski definition) is 1. The summed E-state index contributed by atoms with van der Waals surface area (Å²) in [6.45, 7) is 4.15. The van der Waals surface area contributed by atoms with E-state index in [1.807, 2.05) is 18.2 Å². The lowest BCUT2D eigenvalue weighted by atomic mass is 10.1. The normalized spacial score (nSPS) is 10.7. The number of para-hydroxylation sites is 1. The van der Waals surface area contributed by atoms with Crippen LogP contribution in [0.2, 0.25) is 0 Å². The number of benzene rings is 1. The van der Waals surface area contributed by atoms with Crippen molar-refractivity contribution in [3.8, 4) is 0 Å². The molecule has 0 aliphatic heterocycles. The van der Waals surface area contributed by atoms with Crippen molar-refractivity contribution in [2.75, 3.05) is 0 Å². The average molecular weight is 266 g/mol. The minimum Gasteiger partial charge on any atom is -0.321 e. The highest BCUT2D eigenvalue weighted by Crippen LogP contribution is 2.32. The number of thiophene rings is 1. The first-order valence-corrected chi connectivity index (χ1v) is 6.01. The van der Waals surface area contributed by atoms with Crippen molar-refractivity contribution in [2.24, 2.45) is 0 Å². The maximum Gasteiger partial charge on any atom is 0.266 e. The van der Waals surface area contributed by atoms with Gasteiger partial charge in [-0.05, 0) is 25.5 Å². The van der Waals surface area contributed by atoms with E-state index in [0.717, 1.165) is 21.0 Å². The lowest BCUT2D eigenvalue weighted by molar-refractivity contribution is 1.35. The summed E-state index contributed by atoms with van der Waals surface area (Å²) in [6.07, 6.45) is 0. The summed E-state index contributed by atoms with van der Waals surface area (Å²) in [6, 6.07) is 7.96. The Balaban J connectivity index is 0.00000108. The Hall–Kier alpha value is -1.32. The van der Waals surface area contributed by atoms with Crippen molar-refractivity contribution in [1.29, 1.82) is 0 Å².